The van der Waals surface area contributed by atoms with Crippen molar-refractivity contribution in [1.82, 2.24) is 9.88 Å². The minimum absolute atomic E-state index is 0.0214. The minimum atomic E-state index is -1.18. The van der Waals surface area contributed by atoms with Crippen LogP contribution in [-0.4, -0.2) is 48.2 Å². The van der Waals surface area contributed by atoms with Crippen molar-refractivity contribution in [2.75, 3.05) is 25.4 Å². The molecule has 13 heteroatoms. The van der Waals surface area contributed by atoms with E-state index in [2.05, 4.69) is 5.32 Å². The molecule has 9 nitrogen and oxygen atoms in total. The van der Waals surface area contributed by atoms with Crippen LogP contribution in [0, 0.1) is 23.3 Å². The summed E-state index contributed by atoms with van der Waals surface area (Å²) in [7, 11) is 0. The summed E-state index contributed by atoms with van der Waals surface area (Å²) in [6, 6.07) is 5.43. The summed E-state index contributed by atoms with van der Waals surface area (Å²) in [5.74, 6) is -6.49. The molecule has 0 bridgehead atoms. The van der Waals surface area contributed by atoms with Gasteiger partial charge in [-0.05, 0) is 82.7 Å². The first kappa shape index (κ1) is 33.7. The fourth-order valence-electron chi connectivity index (χ4n) is 5.23. The molecule has 1 heterocycles. The molecule has 0 unspecified atom stereocenters. The number of carbonyl (C=O) groups is 2. The van der Waals surface area contributed by atoms with Gasteiger partial charge in [0.1, 0.15) is 41.0 Å². The fourth-order valence-corrected chi connectivity index (χ4v) is 5.23. The first-order valence-electron chi connectivity index (χ1n) is 14.9. The predicted octanol–water partition coefficient (Wildman–Crippen LogP) is 4.55. The van der Waals surface area contributed by atoms with Crippen molar-refractivity contribution in [1.29, 1.82) is 0 Å². The number of benzene rings is 2. The van der Waals surface area contributed by atoms with Gasteiger partial charge in [0.25, 0.3) is 5.56 Å². The number of nitrogens with zero attached hydrogens (tertiary/aromatic N) is 1. The number of hydrogen-bond donors (Lipinski definition) is 3. The van der Waals surface area contributed by atoms with E-state index in [9.17, 15) is 23.2 Å². The predicted molar refractivity (Wildman–Crippen MR) is 159 cm³/mol. The molecular weight excluding hydrogens is 596 g/mol. The molecule has 1 atom stereocenters. The van der Waals surface area contributed by atoms with E-state index in [0.29, 0.717) is 49.4 Å². The average Bonchev–Trinajstić information content (AvgIpc) is 3.50. The van der Waals surface area contributed by atoms with E-state index >= 15 is 8.78 Å². The zero-order chi connectivity index (χ0) is 32.5. The van der Waals surface area contributed by atoms with E-state index in [4.69, 9.17) is 20.9 Å². The third-order valence-corrected chi connectivity index (χ3v) is 7.57. The van der Waals surface area contributed by atoms with E-state index < -0.39 is 63.3 Å². The molecule has 242 valence electrons. The quantitative estimate of drug-likeness (QED) is 0.0961. The van der Waals surface area contributed by atoms with E-state index in [1.807, 2.05) is 0 Å². The number of pyridine rings is 1. The molecule has 45 heavy (non-hydrogen) atoms. The normalized spacial score (nSPS) is 14.0. The van der Waals surface area contributed by atoms with Gasteiger partial charge in [0.2, 0.25) is 0 Å². The SMILES string of the molecule is NCC[C@H](NCCCCCOc1cc(F)c(-n2c(N)c(C(=O)c3ccc(F)cc3F)ccc2=O)c(F)c1)C(=O)OC1CCCC1. The number of nitrogens with one attached hydrogen (secondary N) is 1. The summed E-state index contributed by atoms with van der Waals surface area (Å²) in [6.07, 6.45) is 6.31. The Balaban J connectivity index is 1.33. The summed E-state index contributed by atoms with van der Waals surface area (Å²) in [6.45, 7) is 1.04. The van der Waals surface area contributed by atoms with Crippen molar-refractivity contribution < 1.29 is 36.6 Å². The number of anilines is 1. The number of halogens is 4. The molecule has 0 aliphatic heterocycles. The maximum Gasteiger partial charge on any atom is 0.323 e. The van der Waals surface area contributed by atoms with E-state index in [1.165, 1.54) is 0 Å². The zero-order valence-electron chi connectivity index (χ0n) is 24.6. The lowest BCUT2D eigenvalue weighted by Crippen LogP contribution is -2.41. The summed E-state index contributed by atoms with van der Waals surface area (Å²) in [5.41, 5.74) is 8.90. The van der Waals surface area contributed by atoms with Gasteiger partial charge in [0.05, 0.1) is 17.7 Å². The van der Waals surface area contributed by atoms with E-state index in [-0.39, 0.29) is 24.4 Å². The third kappa shape index (κ3) is 8.49. The highest BCUT2D eigenvalue weighted by Gasteiger charge is 2.25. The molecule has 0 spiro atoms. The van der Waals surface area contributed by atoms with Crippen LogP contribution in [-0.2, 0) is 9.53 Å². The lowest BCUT2D eigenvalue weighted by atomic mass is 10.0. The van der Waals surface area contributed by atoms with Crippen molar-refractivity contribution in [3.63, 3.8) is 0 Å². The van der Waals surface area contributed by atoms with Crippen LogP contribution in [0.25, 0.3) is 5.69 Å². The monoisotopic (exact) mass is 632 g/mol. The summed E-state index contributed by atoms with van der Waals surface area (Å²) in [4.78, 5) is 37.9. The number of hydrogen-bond acceptors (Lipinski definition) is 8. The van der Waals surface area contributed by atoms with Crippen LogP contribution in [0.3, 0.4) is 0 Å². The highest BCUT2D eigenvalue weighted by molar-refractivity contribution is 6.11. The molecule has 0 radical (unpaired) electrons. The number of aromatic nitrogens is 1. The van der Waals surface area contributed by atoms with Crippen LogP contribution < -0.4 is 27.1 Å². The number of unbranched alkanes of at least 4 members (excludes halogenated alkanes) is 2. The van der Waals surface area contributed by atoms with E-state index in [1.54, 1.807) is 0 Å². The lowest BCUT2D eigenvalue weighted by molar-refractivity contribution is -0.151. The Morgan fingerprint density at radius 1 is 0.933 bits per heavy atom. The van der Waals surface area contributed by atoms with Crippen molar-refractivity contribution in [3.8, 4) is 11.4 Å². The maximum absolute atomic E-state index is 15.2. The third-order valence-electron chi connectivity index (χ3n) is 7.57. The number of ketones is 1. The second kappa shape index (κ2) is 15.7. The highest BCUT2D eigenvalue weighted by Crippen LogP contribution is 2.27. The highest BCUT2D eigenvalue weighted by atomic mass is 19.1. The van der Waals surface area contributed by atoms with Gasteiger partial charge < -0.3 is 26.3 Å². The molecule has 1 aromatic heterocycles. The Morgan fingerprint density at radius 3 is 2.29 bits per heavy atom. The molecule has 1 saturated carbocycles. The van der Waals surface area contributed by atoms with Crippen LogP contribution in [0.5, 0.6) is 5.75 Å². The number of ether oxygens (including phenoxy) is 2. The van der Waals surface area contributed by atoms with Gasteiger partial charge >= 0.3 is 5.97 Å². The maximum atomic E-state index is 15.2. The van der Waals surface area contributed by atoms with Gasteiger partial charge in [-0.25, -0.2) is 17.6 Å². The van der Waals surface area contributed by atoms with Gasteiger partial charge in [0, 0.05) is 24.3 Å². The first-order valence-corrected chi connectivity index (χ1v) is 14.9. The standard InChI is InChI=1S/C32H36F4N4O5/c33-19-8-9-22(24(34)16-19)30(42)23-10-11-28(41)40(31(23)38)29-25(35)17-21(18-26(29)36)44-15-5-1-4-14-39-27(12-13-37)32(43)45-20-6-2-3-7-20/h8-11,16-18,20,27,39H,1-7,12-15,37-38H2/t27-/m0/s1. The number of nitrogen functional groups attached to an aromatic ring is 1. The van der Waals surface area contributed by atoms with Gasteiger partial charge in [-0.2, -0.15) is 0 Å². The van der Waals surface area contributed by atoms with Crippen molar-refractivity contribution in [2.45, 2.75) is 63.5 Å². The molecule has 3 aromatic rings. The molecule has 1 aliphatic carbocycles. The molecule has 2 aromatic carbocycles. The molecule has 5 N–H and O–H groups in total. The Bertz CT molecular complexity index is 1550. The molecular formula is C32H36F4N4O5. The number of nitrogens with two attached hydrogens (primary N) is 2. The van der Waals surface area contributed by atoms with Gasteiger partial charge in [-0.3, -0.25) is 19.0 Å². The second-order valence-corrected chi connectivity index (χ2v) is 10.8. The van der Waals surface area contributed by atoms with Gasteiger partial charge in [-0.15, -0.1) is 0 Å². The minimum Gasteiger partial charge on any atom is -0.493 e. The molecule has 4 rings (SSSR count). The largest absolute Gasteiger partial charge is 0.493 e. The Kier molecular flexibility index (Phi) is 11.7. The number of rotatable bonds is 15. The fraction of sp³-hybridized carbons (Fsp3) is 0.406. The van der Waals surface area contributed by atoms with E-state index in [0.717, 1.165) is 62.1 Å². The lowest BCUT2D eigenvalue weighted by Gasteiger charge is -2.19. The number of carbonyl (C=O) groups excluding carboxylic acids is 2. The van der Waals surface area contributed by atoms with Gasteiger partial charge in [-0.1, -0.05) is 0 Å². The van der Waals surface area contributed by atoms with Crippen LogP contribution in [0.1, 0.15) is 67.3 Å². The number of esters is 1. The van der Waals surface area contributed by atoms with Crippen molar-refractivity contribution in [3.05, 3.63) is 87.2 Å². The molecule has 1 fully saturated rings. The van der Waals surface area contributed by atoms with Crippen LogP contribution in [0.15, 0.2) is 47.3 Å². The Morgan fingerprint density at radius 2 is 1.62 bits per heavy atom. The topological polar surface area (TPSA) is 139 Å². The van der Waals surface area contributed by atoms with Crippen molar-refractivity contribution in [2.24, 2.45) is 5.73 Å². The van der Waals surface area contributed by atoms with Gasteiger partial charge in [0.15, 0.2) is 17.4 Å². The summed E-state index contributed by atoms with van der Waals surface area (Å²) >= 11 is 0. The zero-order valence-corrected chi connectivity index (χ0v) is 24.6. The average molecular weight is 633 g/mol. The summed E-state index contributed by atoms with van der Waals surface area (Å²) in [5, 5.41) is 3.19. The smallest absolute Gasteiger partial charge is 0.323 e. The molecule has 0 amide bonds. The second-order valence-electron chi connectivity index (χ2n) is 10.8. The Hall–Kier alpha value is -4.23. The summed E-state index contributed by atoms with van der Waals surface area (Å²) < 4.78 is 69.4. The first-order chi connectivity index (χ1) is 21.6. The molecule has 1 aliphatic rings. The van der Waals surface area contributed by atoms with Crippen LogP contribution in [0.2, 0.25) is 0 Å². The Labute approximate surface area is 257 Å². The molecule has 0 saturated heterocycles. The van der Waals surface area contributed by atoms with Crippen molar-refractivity contribution >= 4 is 17.6 Å². The van der Waals surface area contributed by atoms with Crippen LogP contribution >= 0.6 is 0 Å². The van der Waals surface area contributed by atoms with Crippen LogP contribution in [0.4, 0.5) is 23.4 Å².